The van der Waals surface area contributed by atoms with E-state index in [9.17, 15) is 20.1 Å². The van der Waals surface area contributed by atoms with Crippen LogP contribution in [0, 0.1) is 0 Å². The van der Waals surface area contributed by atoms with Crippen molar-refractivity contribution in [3.8, 4) is 11.5 Å². The van der Waals surface area contributed by atoms with E-state index in [0.29, 0.717) is 12.0 Å². The zero-order valence-corrected chi connectivity index (χ0v) is 11.8. The van der Waals surface area contributed by atoms with E-state index in [-0.39, 0.29) is 30.4 Å². The summed E-state index contributed by atoms with van der Waals surface area (Å²) in [5.74, 6) is -0.828. The second-order valence-electron chi connectivity index (χ2n) is 5.20. The molecule has 112 valence electrons. The molecule has 6 heteroatoms. The summed E-state index contributed by atoms with van der Waals surface area (Å²) in [4.78, 5) is 12.0. The number of carbonyl (C=O) groups is 1. The molecular formula is C14H22N2O4. The third-order valence-corrected chi connectivity index (χ3v) is 3.39. The molecule has 6 nitrogen and oxygen atoms in total. The van der Waals surface area contributed by atoms with Crippen molar-refractivity contribution in [2.75, 3.05) is 6.61 Å². The molecule has 20 heavy (non-hydrogen) atoms. The minimum Gasteiger partial charge on any atom is -0.504 e. The topological polar surface area (TPSA) is 116 Å². The van der Waals surface area contributed by atoms with Crippen molar-refractivity contribution in [2.24, 2.45) is 5.73 Å². The first kappa shape index (κ1) is 16.3. The van der Waals surface area contributed by atoms with Gasteiger partial charge in [0.25, 0.3) is 0 Å². The average molecular weight is 282 g/mol. The second-order valence-corrected chi connectivity index (χ2v) is 5.20. The van der Waals surface area contributed by atoms with Crippen LogP contribution in [0.4, 0.5) is 0 Å². The normalized spacial score (nSPS) is 15.4. The van der Waals surface area contributed by atoms with Crippen LogP contribution in [0.3, 0.4) is 0 Å². The molecule has 1 rings (SSSR count). The Hall–Kier alpha value is -1.79. The Morgan fingerprint density at radius 2 is 2.05 bits per heavy atom. The molecule has 0 saturated carbocycles. The van der Waals surface area contributed by atoms with Crippen molar-refractivity contribution in [1.82, 2.24) is 5.32 Å². The molecule has 0 heterocycles. The molecule has 0 bridgehead atoms. The number of aliphatic hydroxyl groups excluding tert-OH is 1. The van der Waals surface area contributed by atoms with Gasteiger partial charge in [-0.3, -0.25) is 4.79 Å². The first-order chi connectivity index (χ1) is 9.31. The van der Waals surface area contributed by atoms with Crippen LogP contribution in [-0.4, -0.2) is 39.4 Å². The summed E-state index contributed by atoms with van der Waals surface area (Å²) < 4.78 is 0. The fraction of sp³-hybridized carbons (Fsp3) is 0.500. The smallest absolute Gasteiger partial charge is 0.237 e. The zero-order valence-electron chi connectivity index (χ0n) is 11.8. The van der Waals surface area contributed by atoms with Crippen LogP contribution in [0.15, 0.2) is 18.2 Å². The van der Waals surface area contributed by atoms with Gasteiger partial charge in [0.2, 0.25) is 5.91 Å². The van der Waals surface area contributed by atoms with E-state index in [2.05, 4.69) is 5.32 Å². The quantitative estimate of drug-likeness (QED) is 0.479. The molecule has 0 spiro atoms. The number of nitrogens with one attached hydrogen (secondary N) is 1. The SMILES string of the molecule is CCC(C)(CO)NC(=O)[C@@H](N)Cc1ccc(O)c(O)c1. The van der Waals surface area contributed by atoms with Crippen molar-refractivity contribution in [3.63, 3.8) is 0 Å². The Labute approximate surface area is 118 Å². The van der Waals surface area contributed by atoms with Gasteiger partial charge < -0.3 is 26.4 Å². The van der Waals surface area contributed by atoms with Crippen LogP contribution in [0.25, 0.3) is 0 Å². The van der Waals surface area contributed by atoms with E-state index >= 15 is 0 Å². The van der Waals surface area contributed by atoms with Crippen LogP contribution >= 0.6 is 0 Å². The Morgan fingerprint density at radius 1 is 1.40 bits per heavy atom. The van der Waals surface area contributed by atoms with Gasteiger partial charge in [0, 0.05) is 0 Å². The highest BCUT2D eigenvalue weighted by Crippen LogP contribution is 2.25. The van der Waals surface area contributed by atoms with Crippen molar-refractivity contribution in [3.05, 3.63) is 23.8 Å². The van der Waals surface area contributed by atoms with Gasteiger partial charge in [-0.05, 0) is 37.5 Å². The standard InChI is InChI=1S/C14H22N2O4/c1-3-14(2,8-17)16-13(20)10(15)6-9-4-5-11(18)12(19)7-9/h4-5,7,10,17-19H,3,6,8,15H2,1-2H3,(H,16,20)/t10-,14?/m0/s1. The van der Waals surface area contributed by atoms with Crippen molar-refractivity contribution < 1.29 is 20.1 Å². The minimum atomic E-state index is -0.795. The van der Waals surface area contributed by atoms with Gasteiger partial charge in [-0.1, -0.05) is 13.0 Å². The van der Waals surface area contributed by atoms with E-state index in [0.717, 1.165) is 0 Å². The van der Waals surface area contributed by atoms with Gasteiger partial charge in [0.15, 0.2) is 11.5 Å². The third kappa shape index (κ3) is 4.11. The summed E-state index contributed by atoms with van der Waals surface area (Å²) in [6.45, 7) is 3.44. The molecule has 1 aromatic rings. The lowest BCUT2D eigenvalue weighted by atomic mass is 9.98. The van der Waals surface area contributed by atoms with E-state index < -0.39 is 11.6 Å². The Bertz CT molecular complexity index is 472. The Morgan fingerprint density at radius 3 is 2.55 bits per heavy atom. The molecule has 0 fully saturated rings. The van der Waals surface area contributed by atoms with Crippen LogP contribution in [0.1, 0.15) is 25.8 Å². The number of hydrogen-bond acceptors (Lipinski definition) is 5. The van der Waals surface area contributed by atoms with Crippen LogP contribution in [0.5, 0.6) is 11.5 Å². The molecular weight excluding hydrogens is 260 g/mol. The summed E-state index contributed by atoms with van der Waals surface area (Å²) in [5, 5.41) is 30.6. The first-order valence-corrected chi connectivity index (χ1v) is 6.50. The number of aliphatic hydroxyl groups is 1. The van der Waals surface area contributed by atoms with Crippen LogP contribution in [0.2, 0.25) is 0 Å². The largest absolute Gasteiger partial charge is 0.504 e. The summed E-state index contributed by atoms with van der Waals surface area (Å²) in [7, 11) is 0. The van der Waals surface area contributed by atoms with Gasteiger partial charge in [0.05, 0.1) is 18.2 Å². The molecule has 0 aliphatic rings. The van der Waals surface area contributed by atoms with Crippen LogP contribution < -0.4 is 11.1 Å². The maximum atomic E-state index is 12.0. The number of benzene rings is 1. The van der Waals surface area contributed by atoms with E-state index in [1.54, 1.807) is 13.0 Å². The number of phenolic OH excluding ortho intramolecular Hbond substituents is 2. The highest BCUT2D eigenvalue weighted by Gasteiger charge is 2.26. The van der Waals surface area contributed by atoms with Gasteiger partial charge in [0.1, 0.15) is 0 Å². The number of nitrogens with two attached hydrogens (primary N) is 1. The summed E-state index contributed by atoms with van der Waals surface area (Å²) in [6, 6.07) is 3.51. The van der Waals surface area contributed by atoms with Gasteiger partial charge in [-0.15, -0.1) is 0 Å². The molecule has 0 radical (unpaired) electrons. The van der Waals surface area contributed by atoms with E-state index in [1.165, 1.54) is 12.1 Å². The monoisotopic (exact) mass is 282 g/mol. The van der Waals surface area contributed by atoms with E-state index in [4.69, 9.17) is 5.73 Å². The van der Waals surface area contributed by atoms with E-state index in [1.807, 2.05) is 6.92 Å². The number of phenols is 2. The summed E-state index contributed by atoms with van der Waals surface area (Å²) >= 11 is 0. The molecule has 1 aromatic carbocycles. The molecule has 6 N–H and O–H groups in total. The molecule has 0 aliphatic heterocycles. The lowest BCUT2D eigenvalue weighted by Crippen LogP contribution is -2.54. The highest BCUT2D eigenvalue weighted by molar-refractivity contribution is 5.82. The maximum absolute atomic E-state index is 12.0. The van der Waals surface area contributed by atoms with Gasteiger partial charge in [-0.2, -0.15) is 0 Å². The Balaban J connectivity index is 2.68. The summed E-state index contributed by atoms with van der Waals surface area (Å²) in [5.41, 5.74) is 5.77. The Kier molecular flexibility index (Phi) is 5.35. The molecule has 0 saturated heterocycles. The highest BCUT2D eigenvalue weighted by atomic mass is 16.3. The number of aromatic hydroxyl groups is 2. The molecule has 1 amide bonds. The van der Waals surface area contributed by atoms with Crippen LogP contribution in [-0.2, 0) is 11.2 Å². The lowest BCUT2D eigenvalue weighted by Gasteiger charge is -2.28. The minimum absolute atomic E-state index is 0.165. The first-order valence-electron chi connectivity index (χ1n) is 6.50. The fourth-order valence-corrected chi connectivity index (χ4v) is 1.67. The predicted molar refractivity (Wildman–Crippen MR) is 75.4 cm³/mol. The third-order valence-electron chi connectivity index (χ3n) is 3.39. The molecule has 0 aromatic heterocycles. The lowest BCUT2D eigenvalue weighted by molar-refractivity contribution is -0.124. The number of amides is 1. The summed E-state index contributed by atoms with van der Waals surface area (Å²) in [6.07, 6.45) is 0.812. The fourth-order valence-electron chi connectivity index (χ4n) is 1.67. The maximum Gasteiger partial charge on any atom is 0.237 e. The second kappa shape index (κ2) is 6.58. The molecule has 2 atom stereocenters. The van der Waals surface area contributed by atoms with Crippen molar-refractivity contribution >= 4 is 5.91 Å². The molecule has 1 unspecified atom stereocenters. The average Bonchev–Trinajstić information content (AvgIpc) is 2.42. The van der Waals surface area contributed by atoms with Crippen molar-refractivity contribution in [2.45, 2.75) is 38.3 Å². The molecule has 0 aliphatic carbocycles. The zero-order chi connectivity index (χ0) is 15.3. The number of carbonyl (C=O) groups excluding carboxylic acids is 1. The van der Waals surface area contributed by atoms with Gasteiger partial charge >= 0.3 is 0 Å². The number of hydrogen-bond donors (Lipinski definition) is 5. The number of rotatable bonds is 6. The predicted octanol–water partition coefficient (Wildman–Crippen LogP) is 0.245. The van der Waals surface area contributed by atoms with Crippen molar-refractivity contribution in [1.29, 1.82) is 0 Å². The van der Waals surface area contributed by atoms with Gasteiger partial charge in [-0.25, -0.2) is 0 Å².